The minimum Gasteiger partial charge on any atom is -0.545 e. The van der Waals surface area contributed by atoms with Gasteiger partial charge in [0.25, 0.3) is 0 Å². The minimum absolute atomic E-state index is 0. The predicted molar refractivity (Wildman–Crippen MR) is 163 cm³/mol. The Hall–Kier alpha value is -1.72. The first-order chi connectivity index (χ1) is 20.3. The summed E-state index contributed by atoms with van der Waals surface area (Å²) in [5, 5.41) is 20.1. The Labute approximate surface area is 281 Å². The average Bonchev–Trinajstić information content (AvgIpc) is 2.96. The van der Waals surface area contributed by atoms with Crippen LogP contribution >= 0.6 is 0 Å². The monoisotopic (exact) mass is 708 g/mol. The van der Waals surface area contributed by atoms with E-state index in [1.54, 1.807) is 0 Å². The number of carbonyl (C=O) groups excluding carboxylic acids is 4. The van der Waals surface area contributed by atoms with Crippen LogP contribution in [0.1, 0.15) is 155 Å². The zero-order chi connectivity index (χ0) is 31.5. The summed E-state index contributed by atoms with van der Waals surface area (Å²) in [4.78, 5) is 42.2. The Balaban J connectivity index is -0.000000727. The topological polar surface area (TPSA) is 133 Å². The van der Waals surface area contributed by atoms with E-state index in [1.165, 1.54) is 116 Å². The van der Waals surface area contributed by atoms with Gasteiger partial charge in [0.15, 0.2) is 0 Å². The van der Waals surface area contributed by atoms with Gasteiger partial charge in [-0.05, 0) is 25.0 Å². The second-order valence-electron chi connectivity index (χ2n) is 10.7. The minimum atomic E-state index is -1.39. The van der Waals surface area contributed by atoms with Crippen LogP contribution in [-0.2, 0) is 56.0 Å². The van der Waals surface area contributed by atoms with E-state index in [1.807, 2.05) is 0 Å². The molecule has 0 unspecified atom stereocenters. The fourth-order valence-electron chi connectivity index (χ4n) is 4.25. The number of aliphatic carboxylic acids is 2. The Morgan fingerprint density at radius 2 is 0.651 bits per heavy atom. The van der Waals surface area contributed by atoms with Gasteiger partial charge in [0.2, 0.25) is 0 Å². The molecule has 0 saturated carbocycles. The molecule has 0 atom stereocenters. The molecule has 43 heavy (non-hydrogen) atoms. The molecule has 244 valence electrons. The van der Waals surface area contributed by atoms with Gasteiger partial charge in [-0.1, -0.05) is 142 Å². The van der Waals surface area contributed by atoms with Crippen molar-refractivity contribution in [2.45, 2.75) is 155 Å². The second kappa shape index (κ2) is 38.3. The molecule has 0 radical (unpaired) electrons. The third kappa shape index (κ3) is 44.8. The van der Waals surface area contributed by atoms with Crippen molar-refractivity contribution in [3.63, 3.8) is 0 Å². The van der Waals surface area contributed by atoms with Gasteiger partial charge < -0.3 is 29.3 Å². The second-order valence-corrected chi connectivity index (χ2v) is 10.7. The van der Waals surface area contributed by atoms with Gasteiger partial charge in [-0.15, -0.1) is 0 Å². The SMILES string of the molecule is CCCCCCCCCCCCCOC(=O)/C=C\C(=O)[O-].CCCCCCCCCCCCCOC(=O)/C=C\C(=O)[O-].[Cd+2]. The van der Waals surface area contributed by atoms with Crippen molar-refractivity contribution in [1.29, 1.82) is 0 Å². The predicted octanol–water partition coefficient (Wildman–Crippen LogP) is 6.29. The molecule has 0 amide bonds. The standard InChI is InChI=1S/2C17H30O4.Cd/c2*1-2-3-4-5-6-7-8-9-10-11-12-15-21-17(20)14-13-16(18)19;/h2*13-14H,2-12,15H2,1H3,(H,18,19);/q;;+2/p-2/b2*14-13-;. The summed E-state index contributed by atoms with van der Waals surface area (Å²) < 4.78 is 9.72. The molecule has 0 aromatic carbocycles. The van der Waals surface area contributed by atoms with Crippen molar-refractivity contribution < 1.29 is 66.2 Å². The van der Waals surface area contributed by atoms with E-state index >= 15 is 0 Å². The molecule has 0 aromatic rings. The molecule has 0 aromatic heterocycles. The van der Waals surface area contributed by atoms with Crippen molar-refractivity contribution in [1.82, 2.24) is 0 Å². The molecule has 9 heteroatoms. The largest absolute Gasteiger partial charge is 2.00 e. The van der Waals surface area contributed by atoms with Crippen LogP contribution in [0.5, 0.6) is 0 Å². The molecule has 0 spiro atoms. The molecule has 0 aliphatic carbocycles. The summed E-state index contributed by atoms with van der Waals surface area (Å²) in [6, 6.07) is 0. The first-order valence-corrected chi connectivity index (χ1v) is 16.4. The van der Waals surface area contributed by atoms with Crippen molar-refractivity contribution in [3.05, 3.63) is 24.3 Å². The molecule has 0 heterocycles. The van der Waals surface area contributed by atoms with E-state index in [4.69, 9.17) is 9.47 Å². The third-order valence-corrected chi connectivity index (χ3v) is 6.70. The van der Waals surface area contributed by atoms with Crippen LogP contribution in [0.25, 0.3) is 0 Å². The number of rotatable bonds is 28. The molecule has 8 nitrogen and oxygen atoms in total. The fourth-order valence-corrected chi connectivity index (χ4v) is 4.25. The van der Waals surface area contributed by atoms with E-state index in [0.29, 0.717) is 25.4 Å². The zero-order valence-electron chi connectivity index (χ0n) is 27.3. The molecule has 0 bridgehead atoms. The molecule has 0 N–H and O–H groups in total. The molecule has 0 saturated heterocycles. The van der Waals surface area contributed by atoms with Crippen LogP contribution in [0.2, 0.25) is 0 Å². The Morgan fingerprint density at radius 1 is 0.419 bits per heavy atom. The number of hydrogen-bond donors (Lipinski definition) is 0. The van der Waals surface area contributed by atoms with Gasteiger partial charge in [0.05, 0.1) is 25.2 Å². The van der Waals surface area contributed by atoms with Crippen molar-refractivity contribution in [2.24, 2.45) is 0 Å². The smallest absolute Gasteiger partial charge is 0.545 e. The number of carboxylic acid groups (broad SMARTS) is 2. The normalized spacial score (nSPS) is 10.7. The van der Waals surface area contributed by atoms with Gasteiger partial charge >= 0.3 is 39.2 Å². The van der Waals surface area contributed by atoms with Crippen LogP contribution in [0.3, 0.4) is 0 Å². The van der Waals surface area contributed by atoms with Crippen molar-refractivity contribution in [2.75, 3.05) is 13.2 Å². The Kier molecular flexibility index (Phi) is 40.7. The number of esters is 2. The average molecular weight is 707 g/mol. The van der Waals surface area contributed by atoms with Crippen LogP contribution in [0.4, 0.5) is 0 Å². The molecular weight excluding hydrogens is 649 g/mol. The zero-order valence-corrected chi connectivity index (χ0v) is 31.3. The van der Waals surface area contributed by atoms with E-state index in [-0.39, 0.29) is 27.3 Å². The summed E-state index contributed by atoms with van der Waals surface area (Å²) in [5.74, 6) is -4.01. The van der Waals surface area contributed by atoms with Gasteiger partial charge in [-0.3, -0.25) is 0 Å². The molecule has 0 aliphatic heterocycles. The molecular formula is C34H58CdO8. The van der Waals surface area contributed by atoms with Crippen molar-refractivity contribution >= 4 is 23.9 Å². The van der Waals surface area contributed by atoms with Gasteiger partial charge in [0.1, 0.15) is 0 Å². The number of carboxylic acids is 2. The number of hydrogen-bond acceptors (Lipinski definition) is 8. The summed E-state index contributed by atoms with van der Waals surface area (Å²) >= 11 is 0. The molecule has 0 fully saturated rings. The maximum Gasteiger partial charge on any atom is 2.00 e. The molecule has 0 rings (SSSR count). The third-order valence-electron chi connectivity index (χ3n) is 6.70. The van der Waals surface area contributed by atoms with Gasteiger partial charge in [-0.25, -0.2) is 9.59 Å². The van der Waals surface area contributed by atoms with E-state index in [2.05, 4.69) is 13.8 Å². The van der Waals surface area contributed by atoms with E-state index < -0.39 is 23.9 Å². The maximum absolute atomic E-state index is 11.0. The first-order valence-electron chi connectivity index (χ1n) is 16.4. The van der Waals surface area contributed by atoms with Crippen molar-refractivity contribution in [3.8, 4) is 0 Å². The number of unbranched alkanes of at least 4 members (excludes halogenated alkanes) is 20. The van der Waals surface area contributed by atoms with Crippen LogP contribution in [-0.4, -0.2) is 37.1 Å². The van der Waals surface area contributed by atoms with Gasteiger partial charge in [-0.2, -0.15) is 0 Å². The number of carbonyl (C=O) groups is 4. The first kappa shape index (κ1) is 45.7. The summed E-state index contributed by atoms with van der Waals surface area (Å²) in [7, 11) is 0. The van der Waals surface area contributed by atoms with Crippen LogP contribution < -0.4 is 10.2 Å². The fraction of sp³-hybridized carbons (Fsp3) is 0.765. The summed E-state index contributed by atoms with van der Waals surface area (Å²) in [6.45, 7) is 5.17. The Morgan fingerprint density at radius 3 is 0.884 bits per heavy atom. The van der Waals surface area contributed by atoms with Crippen LogP contribution in [0.15, 0.2) is 24.3 Å². The molecule has 0 aliphatic rings. The summed E-state index contributed by atoms with van der Waals surface area (Å²) in [5.41, 5.74) is 0. The van der Waals surface area contributed by atoms with Crippen LogP contribution in [0, 0.1) is 0 Å². The summed E-state index contributed by atoms with van der Waals surface area (Å²) in [6.07, 6.45) is 30.4. The number of ether oxygens (including phenoxy) is 2. The Bertz CT molecular complexity index is 661. The maximum atomic E-state index is 11.0. The quantitative estimate of drug-likeness (QED) is 0.0401. The van der Waals surface area contributed by atoms with Gasteiger partial charge in [0, 0.05) is 12.2 Å². The van der Waals surface area contributed by atoms with E-state index in [9.17, 15) is 29.4 Å². The van der Waals surface area contributed by atoms with E-state index in [0.717, 1.165) is 37.8 Å².